The number of rotatable bonds is 1. The Morgan fingerprint density at radius 3 is 2.50 bits per heavy atom. The molecule has 2 aliphatic rings. The van der Waals surface area contributed by atoms with Gasteiger partial charge >= 0.3 is 5.97 Å². The first-order chi connectivity index (χ1) is 6.70. The first-order valence-corrected chi connectivity index (χ1v) is 5.99. The van der Waals surface area contributed by atoms with E-state index >= 15 is 0 Å². The van der Waals surface area contributed by atoms with Crippen LogP contribution in [0.25, 0.3) is 0 Å². The van der Waals surface area contributed by atoms with Gasteiger partial charge in [-0.05, 0) is 31.9 Å². The van der Waals surface area contributed by atoms with Crippen LogP contribution in [-0.2, 0) is 9.53 Å². The number of halogens is 2. The number of hydrogen-bond acceptors (Lipinski definition) is 4. The van der Waals surface area contributed by atoms with Crippen LogP contribution >= 0.6 is 31.9 Å². The number of nitrogens with one attached hydrogen (secondary N) is 1. The lowest BCUT2D eigenvalue weighted by Gasteiger charge is -2.31. The molecule has 0 spiro atoms. The monoisotopic (exact) mass is 324 g/mol. The molecule has 6 heteroatoms. The highest BCUT2D eigenvalue weighted by Gasteiger charge is 2.35. The Bertz CT molecular complexity index is 287. The van der Waals surface area contributed by atoms with Crippen molar-refractivity contribution in [2.75, 3.05) is 26.2 Å². The van der Waals surface area contributed by atoms with E-state index in [1.165, 1.54) is 0 Å². The summed E-state index contributed by atoms with van der Waals surface area (Å²) in [7, 11) is 0. The van der Waals surface area contributed by atoms with Gasteiger partial charge in [0, 0.05) is 26.2 Å². The second-order valence-corrected chi connectivity index (χ2v) is 4.85. The zero-order valence-electron chi connectivity index (χ0n) is 7.43. The molecule has 4 nitrogen and oxygen atoms in total. The van der Waals surface area contributed by atoms with E-state index in [-0.39, 0.29) is 12.2 Å². The first kappa shape index (κ1) is 10.6. The molecule has 1 unspecified atom stereocenters. The fourth-order valence-electron chi connectivity index (χ4n) is 1.56. The van der Waals surface area contributed by atoms with E-state index in [9.17, 15) is 4.79 Å². The van der Waals surface area contributed by atoms with E-state index in [2.05, 4.69) is 42.1 Å². The standard InChI is InChI=1S/C8H10Br2N2O2/c9-5-6(10)8(13)14-7(5)12-3-1-11-2-4-12/h7,11H,1-4H2. The van der Waals surface area contributed by atoms with Gasteiger partial charge in [-0.2, -0.15) is 0 Å². The van der Waals surface area contributed by atoms with Crippen molar-refractivity contribution in [2.45, 2.75) is 6.23 Å². The van der Waals surface area contributed by atoms with Crippen molar-refractivity contribution >= 4 is 37.8 Å². The summed E-state index contributed by atoms with van der Waals surface area (Å²) in [5.41, 5.74) is 0. The van der Waals surface area contributed by atoms with Crippen molar-refractivity contribution in [1.29, 1.82) is 0 Å². The summed E-state index contributed by atoms with van der Waals surface area (Å²) in [4.78, 5) is 13.4. The van der Waals surface area contributed by atoms with Gasteiger partial charge < -0.3 is 10.1 Å². The molecular weight excluding hydrogens is 316 g/mol. The minimum Gasteiger partial charge on any atom is -0.437 e. The second-order valence-electron chi connectivity index (χ2n) is 3.21. The van der Waals surface area contributed by atoms with Gasteiger partial charge in [0.15, 0.2) is 6.23 Å². The quantitative estimate of drug-likeness (QED) is 0.723. The Labute approximate surface area is 98.9 Å². The van der Waals surface area contributed by atoms with Crippen LogP contribution in [0.3, 0.4) is 0 Å². The average Bonchev–Trinajstić information content (AvgIpc) is 2.47. The molecule has 1 atom stereocenters. The smallest absolute Gasteiger partial charge is 0.348 e. The van der Waals surface area contributed by atoms with Crippen LogP contribution in [0.15, 0.2) is 8.96 Å². The molecule has 0 radical (unpaired) electrons. The highest BCUT2D eigenvalue weighted by atomic mass is 79.9. The molecule has 1 N–H and O–H groups in total. The van der Waals surface area contributed by atoms with Crippen LogP contribution in [0.2, 0.25) is 0 Å². The zero-order chi connectivity index (χ0) is 10.1. The van der Waals surface area contributed by atoms with Gasteiger partial charge in [0.05, 0.1) is 4.48 Å². The highest BCUT2D eigenvalue weighted by molar-refractivity contribution is 9.14. The summed E-state index contributed by atoms with van der Waals surface area (Å²) in [6.07, 6.45) is -0.237. The molecule has 0 amide bonds. The van der Waals surface area contributed by atoms with E-state index in [1.54, 1.807) is 0 Å². The minimum atomic E-state index is -0.291. The number of piperazine rings is 1. The number of nitrogens with zero attached hydrogens (tertiary/aromatic N) is 1. The van der Waals surface area contributed by atoms with E-state index in [4.69, 9.17) is 4.74 Å². The maximum atomic E-state index is 11.2. The Balaban J connectivity index is 2.09. The lowest BCUT2D eigenvalue weighted by atomic mass is 10.3. The van der Waals surface area contributed by atoms with Crippen molar-refractivity contribution in [1.82, 2.24) is 10.2 Å². The number of esters is 1. The van der Waals surface area contributed by atoms with Crippen molar-refractivity contribution in [3.05, 3.63) is 8.96 Å². The molecule has 1 saturated heterocycles. The van der Waals surface area contributed by atoms with Crippen LogP contribution in [0.5, 0.6) is 0 Å². The molecule has 2 rings (SSSR count). The fraction of sp³-hybridized carbons (Fsp3) is 0.625. The fourth-order valence-corrected chi connectivity index (χ4v) is 2.40. The van der Waals surface area contributed by atoms with Crippen LogP contribution in [0, 0.1) is 0 Å². The van der Waals surface area contributed by atoms with Gasteiger partial charge in [-0.3, -0.25) is 4.90 Å². The third-order valence-corrected chi connectivity index (χ3v) is 4.38. The van der Waals surface area contributed by atoms with E-state index in [0.717, 1.165) is 30.7 Å². The third kappa shape index (κ3) is 1.88. The Kier molecular flexibility index (Phi) is 3.26. The number of carbonyl (C=O) groups is 1. The summed E-state index contributed by atoms with van der Waals surface area (Å²) in [5, 5.41) is 3.25. The lowest BCUT2D eigenvalue weighted by Crippen LogP contribution is -2.48. The topological polar surface area (TPSA) is 41.6 Å². The van der Waals surface area contributed by atoms with Gasteiger partial charge in [-0.1, -0.05) is 0 Å². The number of ether oxygens (including phenoxy) is 1. The second kappa shape index (κ2) is 4.30. The number of cyclic esters (lactones) is 1. The zero-order valence-corrected chi connectivity index (χ0v) is 10.6. The molecule has 1 fully saturated rings. The van der Waals surface area contributed by atoms with Gasteiger partial charge in [-0.15, -0.1) is 0 Å². The van der Waals surface area contributed by atoms with Crippen molar-refractivity contribution in [2.24, 2.45) is 0 Å². The first-order valence-electron chi connectivity index (χ1n) is 4.41. The van der Waals surface area contributed by atoms with Crippen LogP contribution in [0.4, 0.5) is 0 Å². The van der Waals surface area contributed by atoms with E-state index < -0.39 is 0 Å². The van der Waals surface area contributed by atoms with Gasteiger partial charge in [0.2, 0.25) is 0 Å². The normalized spacial score (nSPS) is 29.6. The predicted molar refractivity (Wildman–Crippen MR) is 59.2 cm³/mol. The Morgan fingerprint density at radius 1 is 1.36 bits per heavy atom. The van der Waals surface area contributed by atoms with Gasteiger partial charge in [0.25, 0.3) is 0 Å². The molecule has 0 aliphatic carbocycles. The van der Waals surface area contributed by atoms with Crippen molar-refractivity contribution in [3.63, 3.8) is 0 Å². The molecule has 2 aliphatic heterocycles. The molecule has 0 bridgehead atoms. The molecular formula is C8H10Br2N2O2. The maximum Gasteiger partial charge on any atom is 0.348 e. The predicted octanol–water partition coefficient (Wildman–Crippen LogP) is 0.776. The van der Waals surface area contributed by atoms with Crippen LogP contribution in [-0.4, -0.2) is 43.3 Å². The highest BCUT2D eigenvalue weighted by Crippen LogP contribution is 2.33. The molecule has 0 aromatic carbocycles. The van der Waals surface area contributed by atoms with E-state index in [1.807, 2.05) is 0 Å². The van der Waals surface area contributed by atoms with Crippen molar-refractivity contribution < 1.29 is 9.53 Å². The van der Waals surface area contributed by atoms with Gasteiger partial charge in [-0.25, -0.2) is 4.79 Å². The Hall–Kier alpha value is 0.0900. The summed E-state index contributed by atoms with van der Waals surface area (Å²) in [6, 6.07) is 0. The average molecular weight is 326 g/mol. The third-order valence-electron chi connectivity index (χ3n) is 2.31. The molecule has 14 heavy (non-hydrogen) atoms. The number of hydrogen-bond donors (Lipinski definition) is 1. The van der Waals surface area contributed by atoms with E-state index in [0.29, 0.717) is 4.48 Å². The summed E-state index contributed by atoms with van der Waals surface area (Å²) in [5.74, 6) is -0.291. The van der Waals surface area contributed by atoms with Gasteiger partial charge in [0.1, 0.15) is 4.48 Å². The van der Waals surface area contributed by atoms with Crippen molar-refractivity contribution in [3.8, 4) is 0 Å². The molecule has 2 heterocycles. The summed E-state index contributed by atoms with van der Waals surface area (Å²) in [6.45, 7) is 3.67. The van der Waals surface area contributed by atoms with Crippen LogP contribution < -0.4 is 5.32 Å². The lowest BCUT2D eigenvalue weighted by molar-refractivity contribution is -0.146. The SMILES string of the molecule is O=C1OC(N2CCNCC2)C(Br)=C1Br. The Morgan fingerprint density at radius 2 is 2.00 bits per heavy atom. The summed E-state index contributed by atoms with van der Waals surface area (Å²) < 4.78 is 6.51. The molecule has 78 valence electrons. The minimum absolute atomic E-state index is 0.237. The van der Waals surface area contributed by atoms with Crippen LogP contribution in [0.1, 0.15) is 0 Å². The summed E-state index contributed by atoms with van der Waals surface area (Å²) >= 11 is 6.56. The molecule has 0 saturated carbocycles. The largest absolute Gasteiger partial charge is 0.437 e. The molecule has 0 aromatic rings. The maximum absolute atomic E-state index is 11.2. The number of carbonyl (C=O) groups excluding carboxylic acids is 1. The molecule has 0 aromatic heterocycles.